The maximum Gasteiger partial charge on any atom is 0.356 e. The second kappa shape index (κ2) is 5.28. The Hall–Kier alpha value is -2.64. The quantitative estimate of drug-likeness (QED) is 0.836. The Bertz CT molecular complexity index is 731. The van der Waals surface area contributed by atoms with Crippen molar-refractivity contribution in [2.75, 3.05) is 12.4 Å². The van der Waals surface area contributed by atoms with E-state index in [1.165, 1.54) is 13.4 Å². The summed E-state index contributed by atoms with van der Waals surface area (Å²) in [5.41, 5.74) is 1.40. The van der Waals surface area contributed by atoms with Crippen molar-refractivity contribution in [2.24, 2.45) is 0 Å². The van der Waals surface area contributed by atoms with E-state index in [1.807, 2.05) is 13.8 Å². The lowest BCUT2D eigenvalue weighted by Crippen LogP contribution is -2.24. The molecule has 0 spiro atoms. The lowest BCUT2D eigenvalue weighted by Gasteiger charge is -2.20. The molecule has 0 radical (unpaired) electrons. The number of fused-ring (bicyclic) bond motifs is 1. The number of nitrogens with one attached hydrogen (secondary N) is 2. The second-order valence-corrected chi connectivity index (χ2v) is 5.42. The average molecular weight is 304 g/mol. The summed E-state index contributed by atoms with van der Waals surface area (Å²) < 4.78 is 10.2. The molecule has 0 fully saturated rings. The molecule has 1 atom stereocenters. The zero-order chi connectivity index (χ0) is 15.9. The Morgan fingerprint density at radius 1 is 1.50 bits per heavy atom. The van der Waals surface area contributed by atoms with Crippen LogP contribution in [0.1, 0.15) is 59.7 Å². The largest absolute Gasteiger partial charge is 0.464 e. The molecule has 8 heteroatoms. The van der Waals surface area contributed by atoms with Crippen molar-refractivity contribution in [1.82, 2.24) is 15.2 Å². The van der Waals surface area contributed by atoms with Gasteiger partial charge in [-0.1, -0.05) is 13.8 Å². The van der Waals surface area contributed by atoms with E-state index in [0.717, 1.165) is 0 Å². The molecule has 0 aliphatic carbocycles. The van der Waals surface area contributed by atoms with E-state index in [1.54, 1.807) is 0 Å². The van der Waals surface area contributed by atoms with Crippen molar-refractivity contribution in [2.45, 2.75) is 32.1 Å². The number of rotatable bonds is 3. The Kier molecular flexibility index (Phi) is 3.44. The van der Waals surface area contributed by atoms with Crippen molar-refractivity contribution < 1.29 is 18.7 Å². The number of aromatic nitrogens is 3. The highest BCUT2D eigenvalue weighted by Gasteiger charge is 2.35. The van der Waals surface area contributed by atoms with Gasteiger partial charge in [-0.05, 0) is 0 Å². The molecule has 0 aromatic carbocycles. The SMILES string of the molecule is COC(=O)c1[nH]nc2c1[C@@H](c1coc(C(C)C)n1)CC(=O)N2. The molecular formula is C14H16N4O4. The maximum absolute atomic E-state index is 11.9. The van der Waals surface area contributed by atoms with Crippen LogP contribution in [-0.4, -0.2) is 34.2 Å². The standard InChI is InChI=1S/C14H16N4O4/c1-6(2)13-15-8(5-22-13)7-4-9(19)16-12-10(7)11(17-18-12)14(20)21-3/h5-7H,4H2,1-3H3,(H2,16,17,18,19)/t7-/m1/s1. The van der Waals surface area contributed by atoms with Gasteiger partial charge in [-0.25, -0.2) is 9.78 Å². The Morgan fingerprint density at radius 3 is 2.91 bits per heavy atom. The number of oxazole rings is 1. The molecular weight excluding hydrogens is 288 g/mol. The van der Waals surface area contributed by atoms with Crippen LogP contribution in [0.3, 0.4) is 0 Å². The van der Waals surface area contributed by atoms with Crippen molar-refractivity contribution in [1.29, 1.82) is 0 Å². The van der Waals surface area contributed by atoms with E-state index < -0.39 is 11.9 Å². The van der Waals surface area contributed by atoms with Gasteiger partial charge in [-0.3, -0.25) is 9.89 Å². The molecule has 2 aromatic rings. The first-order valence-corrected chi connectivity index (χ1v) is 6.93. The molecule has 22 heavy (non-hydrogen) atoms. The van der Waals surface area contributed by atoms with Gasteiger partial charge in [0.25, 0.3) is 0 Å². The van der Waals surface area contributed by atoms with Crippen LogP contribution in [0.4, 0.5) is 5.82 Å². The van der Waals surface area contributed by atoms with Crippen LogP contribution in [0.5, 0.6) is 0 Å². The van der Waals surface area contributed by atoms with Gasteiger partial charge < -0.3 is 14.5 Å². The summed E-state index contributed by atoms with van der Waals surface area (Å²) in [4.78, 5) is 28.2. The van der Waals surface area contributed by atoms with Crippen molar-refractivity contribution >= 4 is 17.7 Å². The summed E-state index contributed by atoms with van der Waals surface area (Å²) in [6.07, 6.45) is 1.69. The van der Waals surface area contributed by atoms with Crippen LogP contribution < -0.4 is 5.32 Å². The number of amides is 1. The third kappa shape index (κ3) is 2.26. The first-order valence-electron chi connectivity index (χ1n) is 6.93. The normalized spacial score (nSPS) is 17.3. The topological polar surface area (TPSA) is 110 Å². The molecule has 116 valence electrons. The zero-order valence-electron chi connectivity index (χ0n) is 12.5. The Labute approximate surface area is 126 Å². The molecule has 2 N–H and O–H groups in total. The predicted octanol–water partition coefficient (Wildman–Crippen LogP) is 1.78. The molecule has 3 heterocycles. The van der Waals surface area contributed by atoms with Gasteiger partial charge in [0.1, 0.15) is 12.0 Å². The van der Waals surface area contributed by atoms with Gasteiger partial charge in [0.05, 0.1) is 12.8 Å². The second-order valence-electron chi connectivity index (χ2n) is 5.42. The highest BCUT2D eigenvalue weighted by Crippen LogP contribution is 2.38. The number of methoxy groups -OCH3 is 1. The minimum Gasteiger partial charge on any atom is -0.464 e. The van der Waals surface area contributed by atoms with Gasteiger partial charge in [0, 0.05) is 23.8 Å². The highest BCUT2D eigenvalue weighted by molar-refractivity contribution is 5.98. The lowest BCUT2D eigenvalue weighted by molar-refractivity contribution is -0.116. The summed E-state index contributed by atoms with van der Waals surface area (Å²) in [5.74, 6) is -0.0682. The predicted molar refractivity (Wildman–Crippen MR) is 75.6 cm³/mol. The van der Waals surface area contributed by atoms with Gasteiger partial charge in [-0.15, -0.1) is 0 Å². The molecule has 0 unspecified atom stereocenters. The third-order valence-corrected chi connectivity index (χ3v) is 3.58. The van der Waals surface area contributed by atoms with Crippen molar-refractivity contribution in [3.05, 3.63) is 29.1 Å². The minimum absolute atomic E-state index is 0.134. The van der Waals surface area contributed by atoms with Gasteiger partial charge >= 0.3 is 5.97 Å². The van der Waals surface area contributed by atoms with E-state index in [9.17, 15) is 9.59 Å². The van der Waals surface area contributed by atoms with Crippen LogP contribution in [0, 0.1) is 0 Å². The van der Waals surface area contributed by atoms with E-state index in [0.29, 0.717) is 23.0 Å². The molecule has 1 aliphatic heterocycles. The summed E-state index contributed by atoms with van der Waals surface area (Å²) >= 11 is 0. The van der Waals surface area contributed by atoms with Crippen LogP contribution in [0.15, 0.2) is 10.7 Å². The number of aromatic amines is 1. The highest BCUT2D eigenvalue weighted by atomic mass is 16.5. The first-order chi connectivity index (χ1) is 10.5. The number of ether oxygens (including phenoxy) is 1. The number of esters is 1. The van der Waals surface area contributed by atoms with Crippen LogP contribution in [-0.2, 0) is 9.53 Å². The third-order valence-electron chi connectivity index (χ3n) is 3.58. The molecule has 8 nitrogen and oxygen atoms in total. The smallest absolute Gasteiger partial charge is 0.356 e. The minimum atomic E-state index is -0.539. The number of hydrogen-bond donors (Lipinski definition) is 2. The van der Waals surface area contributed by atoms with E-state index >= 15 is 0 Å². The number of anilines is 1. The zero-order valence-corrected chi connectivity index (χ0v) is 12.5. The van der Waals surface area contributed by atoms with Gasteiger partial charge in [-0.2, -0.15) is 5.10 Å². The van der Waals surface area contributed by atoms with Gasteiger partial charge in [0.15, 0.2) is 11.7 Å². The monoisotopic (exact) mass is 304 g/mol. The van der Waals surface area contributed by atoms with E-state index in [4.69, 9.17) is 9.15 Å². The number of hydrogen-bond acceptors (Lipinski definition) is 6. The maximum atomic E-state index is 11.9. The fourth-order valence-electron chi connectivity index (χ4n) is 2.49. The summed E-state index contributed by atoms with van der Waals surface area (Å²) in [7, 11) is 1.29. The summed E-state index contributed by atoms with van der Waals surface area (Å²) in [6.45, 7) is 3.93. The first kappa shape index (κ1) is 14.3. The number of carbonyl (C=O) groups excluding carboxylic acids is 2. The molecule has 1 aliphatic rings. The molecule has 0 bridgehead atoms. The summed E-state index contributed by atoms with van der Waals surface area (Å²) in [5, 5.41) is 9.24. The van der Waals surface area contributed by atoms with E-state index in [2.05, 4.69) is 20.5 Å². The summed E-state index contributed by atoms with van der Waals surface area (Å²) in [6, 6.07) is 0. The molecule has 0 saturated heterocycles. The Morgan fingerprint density at radius 2 is 2.27 bits per heavy atom. The number of nitrogens with zero attached hydrogens (tertiary/aromatic N) is 2. The van der Waals surface area contributed by atoms with Crippen molar-refractivity contribution in [3.8, 4) is 0 Å². The van der Waals surface area contributed by atoms with Crippen molar-refractivity contribution in [3.63, 3.8) is 0 Å². The molecule has 3 rings (SSSR count). The fraction of sp³-hybridized carbons (Fsp3) is 0.429. The van der Waals surface area contributed by atoms with E-state index in [-0.39, 0.29) is 23.9 Å². The van der Waals surface area contributed by atoms with Crippen LogP contribution in [0.2, 0.25) is 0 Å². The Balaban J connectivity index is 2.07. The molecule has 2 aromatic heterocycles. The van der Waals surface area contributed by atoms with Gasteiger partial charge in [0.2, 0.25) is 5.91 Å². The lowest BCUT2D eigenvalue weighted by atomic mass is 9.89. The fourth-order valence-corrected chi connectivity index (χ4v) is 2.49. The molecule has 1 amide bonds. The van der Waals surface area contributed by atoms with Crippen LogP contribution >= 0.6 is 0 Å². The number of carbonyl (C=O) groups is 2. The number of H-pyrrole nitrogens is 1. The van der Waals surface area contributed by atoms with Crippen LogP contribution in [0.25, 0.3) is 0 Å². The molecule has 0 saturated carbocycles. The average Bonchev–Trinajstić information content (AvgIpc) is 3.12.